The second kappa shape index (κ2) is 13.5. The zero-order valence-corrected chi connectivity index (χ0v) is 21.3. The number of hydrogen-bond acceptors (Lipinski definition) is 6. The predicted octanol–water partition coefficient (Wildman–Crippen LogP) is 2.41. The maximum Gasteiger partial charge on any atom is 1.00 e. The number of nitrogen functional groups attached to an aromatic ring is 2. The van der Waals surface area contributed by atoms with Crippen molar-refractivity contribution < 1.29 is 51.4 Å². The van der Waals surface area contributed by atoms with E-state index in [1.807, 2.05) is 18.2 Å². The molecule has 0 amide bonds. The molecule has 0 unspecified atom stereocenters. The van der Waals surface area contributed by atoms with E-state index >= 15 is 0 Å². The monoisotopic (exact) mass is 424 g/mol. The topological polar surface area (TPSA) is 88.7 Å². The molecule has 0 aliphatic carbocycles. The molecule has 4 nitrogen and oxygen atoms in total. The molecule has 0 saturated carbocycles. The number of fused-ring (bicyclic) bond motifs is 1. The van der Waals surface area contributed by atoms with Crippen molar-refractivity contribution in [2.75, 3.05) is 11.5 Å². The van der Waals surface area contributed by atoms with Gasteiger partial charge in [-0.2, -0.15) is 0 Å². The molecule has 0 radical (unpaired) electrons. The van der Waals surface area contributed by atoms with Crippen molar-refractivity contribution in [2.24, 2.45) is 0 Å². The van der Waals surface area contributed by atoms with Crippen LogP contribution in [0.4, 0.5) is 10.8 Å². The molecule has 4 N–H and O–H groups in total. The fraction of sp³-hybridized carbons (Fsp3) is 0.300. The fourth-order valence-electron chi connectivity index (χ4n) is 2.20. The van der Waals surface area contributed by atoms with Gasteiger partial charge in [-0.3, -0.25) is 0 Å². The quantitative estimate of drug-likeness (QED) is 0.285. The van der Waals surface area contributed by atoms with Crippen LogP contribution < -0.4 is 62.9 Å². The second-order valence-corrected chi connectivity index (χ2v) is 7.59. The van der Waals surface area contributed by atoms with Gasteiger partial charge < -0.3 is 24.1 Å². The SMILES string of the molecule is CC(C)c1ccc(N)cc1.CC(C)c1ccc2nc(N)sc2c1.N#C[S-].[K+]. The van der Waals surface area contributed by atoms with Crippen molar-refractivity contribution in [3.05, 3.63) is 53.6 Å². The summed E-state index contributed by atoms with van der Waals surface area (Å²) in [6, 6.07) is 14.3. The van der Waals surface area contributed by atoms with Gasteiger partial charge >= 0.3 is 51.4 Å². The number of nitrogens with zero attached hydrogens (tertiary/aromatic N) is 2. The molecular formula is C20H25KN4S2. The molecule has 0 aliphatic rings. The number of anilines is 2. The minimum atomic E-state index is 0. The van der Waals surface area contributed by atoms with E-state index in [9.17, 15) is 0 Å². The average Bonchev–Trinajstić information content (AvgIpc) is 2.95. The molecule has 0 fully saturated rings. The summed E-state index contributed by atoms with van der Waals surface area (Å²) in [6.07, 6.45) is 0. The third-order valence-corrected chi connectivity index (χ3v) is 4.55. The Hall–Kier alpha value is -0.724. The molecule has 7 heteroatoms. The van der Waals surface area contributed by atoms with E-state index in [0.29, 0.717) is 17.0 Å². The molecule has 1 aromatic heterocycles. The van der Waals surface area contributed by atoms with Crippen LogP contribution >= 0.6 is 11.3 Å². The zero-order chi connectivity index (χ0) is 19.7. The number of thiocyanates is 1. The van der Waals surface area contributed by atoms with Crippen LogP contribution in [0, 0.1) is 10.7 Å². The molecule has 0 spiro atoms. The summed E-state index contributed by atoms with van der Waals surface area (Å²) < 4.78 is 1.18. The van der Waals surface area contributed by atoms with Gasteiger partial charge in [0.15, 0.2) is 5.13 Å². The molecule has 1 heterocycles. The van der Waals surface area contributed by atoms with Gasteiger partial charge in [0, 0.05) is 5.69 Å². The van der Waals surface area contributed by atoms with Crippen molar-refractivity contribution in [1.82, 2.24) is 4.98 Å². The van der Waals surface area contributed by atoms with E-state index in [4.69, 9.17) is 16.7 Å². The number of nitriles is 1. The largest absolute Gasteiger partial charge is 1.00 e. The van der Waals surface area contributed by atoms with Gasteiger partial charge in [0.2, 0.25) is 0 Å². The first kappa shape index (κ1) is 26.3. The predicted molar refractivity (Wildman–Crippen MR) is 116 cm³/mol. The third-order valence-electron chi connectivity index (χ3n) is 3.70. The number of nitrogens with two attached hydrogens (primary N) is 2. The smallest absolute Gasteiger partial charge is 0.696 e. The van der Waals surface area contributed by atoms with Gasteiger partial charge in [-0.05, 0) is 47.2 Å². The molecule has 138 valence electrons. The summed E-state index contributed by atoms with van der Waals surface area (Å²) in [7, 11) is 0. The van der Waals surface area contributed by atoms with Gasteiger partial charge in [-0.1, -0.05) is 62.6 Å². The Labute approximate surface area is 214 Å². The molecule has 0 atom stereocenters. The number of aromatic nitrogens is 1. The first-order valence-electron chi connectivity index (χ1n) is 8.31. The van der Waals surface area contributed by atoms with Gasteiger partial charge in [0.25, 0.3) is 0 Å². The van der Waals surface area contributed by atoms with Crippen LogP contribution in [0.5, 0.6) is 0 Å². The Morgan fingerprint density at radius 1 is 0.963 bits per heavy atom. The summed E-state index contributed by atoms with van der Waals surface area (Å²) in [5, 5.41) is 9.12. The van der Waals surface area contributed by atoms with Crippen LogP contribution in [0.25, 0.3) is 10.2 Å². The molecule has 0 bridgehead atoms. The molecule has 3 aromatic rings. The third kappa shape index (κ3) is 9.35. The van der Waals surface area contributed by atoms with E-state index in [-0.39, 0.29) is 51.4 Å². The Morgan fingerprint density at radius 3 is 1.93 bits per heavy atom. The molecule has 0 aliphatic heterocycles. The summed E-state index contributed by atoms with van der Waals surface area (Å²) in [6.45, 7) is 8.72. The number of benzene rings is 2. The first-order valence-corrected chi connectivity index (χ1v) is 9.53. The van der Waals surface area contributed by atoms with E-state index in [1.165, 1.54) is 21.2 Å². The molecular weight excluding hydrogens is 399 g/mol. The summed E-state index contributed by atoms with van der Waals surface area (Å²) >= 11 is 5.25. The van der Waals surface area contributed by atoms with E-state index in [0.717, 1.165) is 11.2 Å². The van der Waals surface area contributed by atoms with Gasteiger partial charge in [-0.15, -0.1) is 0 Å². The van der Waals surface area contributed by atoms with Crippen molar-refractivity contribution >= 4 is 45.0 Å². The van der Waals surface area contributed by atoms with Gasteiger partial charge in [-0.25, -0.2) is 10.2 Å². The van der Waals surface area contributed by atoms with E-state index in [2.05, 4.69) is 69.6 Å². The van der Waals surface area contributed by atoms with Crippen LogP contribution in [0.2, 0.25) is 0 Å². The van der Waals surface area contributed by atoms with Crippen molar-refractivity contribution in [2.45, 2.75) is 39.5 Å². The van der Waals surface area contributed by atoms with Crippen LogP contribution in [0.15, 0.2) is 42.5 Å². The number of thiazole rings is 1. The summed E-state index contributed by atoms with van der Waals surface area (Å²) in [4.78, 5) is 4.21. The summed E-state index contributed by atoms with van der Waals surface area (Å²) in [5.74, 6) is 1.16. The average molecular weight is 425 g/mol. The maximum absolute atomic E-state index is 7.13. The Balaban J connectivity index is 0.000000435. The molecule has 3 rings (SSSR count). The van der Waals surface area contributed by atoms with Gasteiger partial charge in [0.1, 0.15) is 0 Å². The Kier molecular flexibility index (Phi) is 13.1. The fourth-order valence-corrected chi connectivity index (χ4v) is 2.98. The minimum Gasteiger partial charge on any atom is -0.696 e. The summed E-state index contributed by atoms with van der Waals surface area (Å²) in [5.41, 5.74) is 15.7. The maximum atomic E-state index is 7.13. The van der Waals surface area contributed by atoms with Gasteiger partial charge in [0.05, 0.1) is 10.2 Å². The first-order chi connectivity index (χ1) is 12.3. The van der Waals surface area contributed by atoms with Crippen LogP contribution in [-0.4, -0.2) is 4.98 Å². The van der Waals surface area contributed by atoms with E-state index < -0.39 is 0 Å². The van der Waals surface area contributed by atoms with Crippen molar-refractivity contribution in [1.29, 1.82) is 5.26 Å². The second-order valence-electron chi connectivity index (χ2n) is 6.35. The standard InChI is InChI=1S/C10H12N2S.C9H13N.CHNS.K/c1-6(2)7-3-4-8-9(5-7)13-10(11)12-8;1-7(2)8-3-5-9(10)6-4-8;2-1-3;/h3-6H,1-2H3,(H2,11,12);3-7H,10H2,1-2H3;3H;/q;;;+1/p-1. The Bertz CT molecular complexity index is 853. The number of hydrogen-bond donors (Lipinski definition) is 2. The molecule has 2 aromatic carbocycles. The minimum absolute atomic E-state index is 0. The molecule has 27 heavy (non-hydrogen) atoms. The Morgan fingerprint density at radius 2 is 1.44 bits per heavy atom. The zero-order valence-electron chi connectivity index (χ0n) is 16.6. The van der Waals surface area contributed by atoms with Crippen LogP contribution in [-0.2, 0) is 12.6 Å². The number of rotatable bonds is 2. The van der Waals surface area contributed by atoms with Crippen molar-refractivity contribution in [3.8, 4) is 5.40 Å². The molecule has 0 saturated heterocycles. The van der Waals surface area contributed by atoms with E-state index in [1.54, 1.807) is 11.3 Å². The van der Waals surface area contributed by atoms with Crippen LogP contribution in [0.3, 0.4) is 0 Å². The van der Waals surface area contributed by atoms with Crippen LogP contribution in [0.1, 0.15) is 50.7 Å². The normalized spacial score (nSPS) is 9.52. The van der Waals surface area contributed by atoms with Crippen molar-refractivity contribution in [3.63, 3.8) is 0 Å².